The maximum Gasteiger partial charge on any atom is 0.216 e. The minimum atomic E-state index is -0.229. The minimum Gasteiger partial charge on any atom is -0.415 e. The van der Waals surface area contributed by atoms with Gasteiger partial charge >= 0.3 is 0 Å². The Morgan fingerprint density at radius 3 is 2.25 bits per heavy atom. The number of ketones is 2. The second-order valence-corrected chi connectivity index (χ2v) is 5.00. The standard InChI is InChI=1S/C15H14N2O3/c1-8(2)15-16-11-12(17(15)20-3)14(19)10-7-5-4-6-9(10)13(11)18/h4-8H,1-3H3. The van der Waals surface area contributed by atoms with E-state index in [4.69, 9.17) is 4.84 Å². The van der Waals surface area contributed by atoms with Crippen LogP contribution in [-0.2, 0) is 0 Å². The number of fused-ring (bicyclic) bond motifs is 2. The van der Waals surface area contributed by atoms with Gasteiger partial charge < -0.3 is 4.84 Å². The topological polar surface area (TPSA) is 61.2 Å². The van der Waals surface area contributed by atoms with Crippen LogP contribution in [-0.4, -0.2) is 28.4 Å². The van der Waals surface area contributed by atoms with Crippen LogP contribution in [0.2, 0.25) is 0 Å². The van der Waals surface area contributed by atoms with Crippen LogP contribution < -0.4 is 4.84 Å². The average molecular weight is 270 g/mol. The highest BCUT2D eigenvalue weighted by atomic mass is 16.6. The maximum atomic E-state index is 12.6. The molecule has 5 heteroatoms. The fourth-order valence-electron chi connectivity index (χ4n) is 2.46. The van der Waals surface area contributed by atoms with Crippen LogP contribution in [0.25, 0.3) is 0 Å². The number of carbonyl (C=O) groups is 2. The summed E-state index contributed by atoms with van der Waals surface area (Å²) < 4.78 is 1.37. The van der Waals surface area contributed by atoms with Gasteiger partial charge in [-0.25, -0.2) is 4.98 Å². The molecule has 0 aliphatic heterocycles. The third-order valence-electron chi connectivity index (χ3n) is 3.41. The Bertz CT molecular complexity index is 729. The summed E-state index contributed by atoms with van der Waals surface area (Å²) in [6.07, 6.45) is 0. The third kappa shape index (κ3) is 1.52. The molecule has 0 radical (unpaired) electrons. The molecule has 1 aromatic heterocycles. The predicted molar refractivity (Wildman–Crippen MR) is 72.1 cm³/mol. The lowest BCUT2D eigenvalue weighted by Crippen LogP contribution is -2.25. The van der Waals surface area contributed by atoms with Crippen molar-refractivity contribution in [1.29, 1.82) is 0 Å². The maximum absolute atomic E-state index is 12.6. The number of hydrogen-bond acceptors (Lipinski definition) is 4. The van der Waals surface area contributed by atoms with Crippen LogP contribution >= 0.6 is 0 Å². The van der Waals surface area contributed by atoms with E-state index in [0.29, 0.717) is 17.0 Å². The molecular formula is C15H14N2O3. The summed E-state index contributed by atoms with van der Waals surface area (Å²) in [6, 6.07) is 6.79. The number of benzene rings is 1. The predicted octanol–water partition coefficient (Wildman–Crippen LogP) is 1.84. The summed E-state index contributed by atoms with van der Waals surface area (Å²) in [6.45, 7) is 3.87. The van der Waals surface area contributed by atoms with Crippen molar-refractivity contribution in [1.82, 2.24) is 9.71 Å². The Kier molecular flexibility index (Phi) is 2.71. The largest absolute Gasteiger partial charge is 0.415 e. The number of carbonyl (C=O) groups excluding carboxylic acids is 2. The molecule has 1 aliphatic rings. The van der Waals surface area contributed by atoms with Crippen molar-refractivity contribution in [2.24, 2.45) is 0 Å². The van der Waals surface area contributed by atoms with Gasteiger partial charge in [0.25, 0.3) is 0 Å². The molecule has 1 heterocycles. The van der Waals surface area contributed by atoms with E-state index >= 15 is 0 Å². The van der Waals surface area contributed by atoms with Crippen LogP contribution in [0.1, 0.15) is 57.7 Å². The molecule has 1 aliphatic carbocycles. The summed E-state index contributed by atoms with van der Waals surface area (Å²) >= 11 is 0. The van der Waals surface area contributed by atoms with E-state index in [1.807, 2.05) is 13.8 Å². The molecule has 0 atom stereocenters. The molecule has 0 amide bonds. The Hall–Kier alpha value is -2.43. The molecule has 0 saturated carbocycles. The minimum absolute atomic E-state index is 0.0456. The first-order valence-corrected chi connectivity index (χ1v) is 6.41. The monoisotopic (exact) mass is 270 g/mol. The molecule has 0 N–H and O–H groups in total. The number of aromatic nitrogens is 2. The molecule has 2 aromatic rings. The first-order chi connectivity index (χ1) is 9.56. The second-order valence-electron chi connectivity index (χ2n) is 5.00. The lowest BCUT2D eigenvalue weighted by Gasteiger charge is -2.15. The van der Waals surface area contributed by atoms with Crippen molar-refractivity contribution in [3.05, 3.63) is 52.6 Å². The van der Waals surface area contributed by atoms with E-state index in [9.17, 15) is 9.59 Å². The Balaban J connectivity index is 2.31. The van der Waals surface area contributed by atoms with Gasteiger partial charge in [-0.2, -0.15) is 4.73 Å². The van der Waals surface area contributed by atoms with Crippen LogP contribution in [0.3, 0.4) is 0 Å². The fourth-order valence-corrected chi connectivity index (χ4v) is 2.46. The number of rotatable bonds is 2. The van der Waals surface area contributed by atoms with E-state index < -0.39 is 0 Å². The Morgan fingerprint density at radius 2 is 1.70 bits per heavy atom. The van der Waals surface area contributed by atoms with Gasteiger partial charge in [-0.05, 0) is 0 Å². The van der Waals surface area contributed by atoms with Gasteiger partial charge in [0, 0.05) is 17.0 Å². The zero-order chi connectivity index (χ0) is 14.4. The molecule has 0 bridgehead atoms. The third-order valence-corrected chi connectivity index (χ3v) is 3.41. The molecule has 102 valence electrons. The number of imidazole rings is 1. The van der Waals surface area contributed by atoms with E-state index in [1.54, 1.807) is 24.3 Å². The van der Waals surface area contributed by atoms with E-state index in [-0.39, 0.29) is 28.9 Å². The zero-order valence-electron chi connectivity index (χ0n) is 11.5. The fraction of sp³-hybridized carbons (Fsp3) is 0.267. The van der Waals surface area contributed by atoms with Crippen molar-refractivity contribution >= 4 is 11.6 Å². The first kappa shape index (κ1) is 12.6. The first-order valence-electron chi connectivity index (χ1n) is 6.41. The summed E-state index contributed by atoms with van der Waals surface area (Å²) in [4.78, 5) is 34.6. The van der Waals surface area contributed by atoms with E-state index in [1.165, 1.54) is 11.8 Å². The van der Waals surface area contributed by atoms with Crippen LogP contribution in [0, 0.1) is 0 Å². The summed E-state index contributed by atoms with van der Waals surface area (Å²) in [7, 11) is 1.46. The average Bonchev–Trinajstić information content (AvgIpc) is 2.85. The van der Waals surface area contributed by atoms with Crippen LogP contribution in [0.15, 0.2) is 24.3 Å². The smallest absolute Gasteiger partial charge is 0.216 e. The molecular weight excluding hydrogens is 256 g/mol. The van der Waals surface area contributed by atoms with Crippen molar-refractivity contribution < 1.29 is 14.4 Å². The van der Waals surface area contributed by atoms with Crippen molar-refractivity contribution in [2.45, 2.75) is 19.8 Å². The second kappa shape index (κ2) is 4.30. The molecule has 0 spiro atoms. The number of hydrogen-bond donors (Lipinski definition) is 0. The molecule has 0 saturated heterocycles. The molecule has 1 aromatic carbocycles. The summed E-state index contributed by atoms with van der Waals surface area (Å²) in [5.74, 6) is 0.167. The van der Waals surface area contributed by atoms with Crippen LogP contribution in [0.5, 0.6) is 0 Å². The Morgan fingerprint density at radius 1 is 1.10 bits per heavy atom. The Labute approximate surface area is 116 Å². The van der Waals surface area contributed by atoms with Gasteiger partial charge in [0.2, 0.25) is 11.6 Å². The van der Waals surface area contributed by atoms with Gasteiger partial charge in [-0.15, -0.1) is 0 Å². The molecule has 0 fully saturated rings. The highest BCUT2D eigenvalue weighted by Gasteiger charge is 2.36. The van der Waals surface area contributed by atoms with Gasteiger partial charge in [-0.3, -0.25) is 9.59 Å². The highest BCUT2D eigenvalue weighted by Crippen LogP contribution is 2.29. The molecule has 3 rings (SSSR count). The quantitative estimate of drug-likeness (QED) is 0.713. The van der Waals surface area contributed by atoms with Gasteiger partial charge in [-0.1, -0.05) is 38.1 Å². The van der Waals surface area contributed by atoms with Gasteiger partial charge in [0.05, 0.1) is 0 Å². The SMILES string of the molecule is COn1c(C(C)C)nc2c1C(=O)c1ccccc1C2=O. The number of nitrogens with zero attached hydrogens (tertiary/aromatic N) is 2. The lowest BCUT2D eigenvalue weighted by atomic mass is 9.90. The van der Waals surface area contributed by atoms with Gasteiger partial charge in [0.15, 0.2) is 5.69 Å². The van der Waals surface area contributed by atoms with Gasteiger partial charge in [0.1, 0.15) is 18.6 Å². The van der Waals surface area contributed by atoms with Crippen molar-refractivity contribution in [3.8, 4) is 0 Å². The summed E-state index contributed by atoms with van der Waals surface area (Å²) in [5, 5.41) is 0. The molecule has 20 heavy (non-hydrogen) atoms. The van der Waals surface area contributed by atoms with Crippen molar-refractivity contribution in [3.63, 3.8) is 0 Å². The highest BCUT2D eigenvalue weighted by molar-refractivity contribution is 6.27. The van der Waals surface area contributed by atoms with Crippen LogP contribution in [0.4, 0.5) is 0 Å². The zero-order valence-corrected chi connectivity index (χ0v) is 11.5. The normalized spacial score (nSPS) is 13.4. The summed E-state index contributed by atoms with van der Waals surface area (Å²) in [5.41, 5.74) is 1.21. The van der Waals surface area contributed by atoms with E-state index in [0.717, 1.165) is 0 Å². The van der Waals surface area contributed by atoms with Crippen molar-refractivity contribution in [2.75, 3.05) is 7.11 Å². The molecule has 0 unspecified atom stereocenters. The molecule has 5 nitrogen and oxygen atoms in total. The van der Waals surface area contributed by atoms with E-state index in [2.05, 4.69) is 4.98 Å². The lowest BCUT2D eigenvalue weighted by molar-refractivity contribution is 0.0927.